The van der Waals surface area contributed by atoms with E-state index in [1.165, 1.54) is 51.8 Å². The number of rotatable bonds is 2. The Morgan fingerprint density at radius 2 is 1.07 bits per heavy atom. The first-order chi connectivity index (χ1) is 21.0. The van der Waals surface area contributed by atoms with Crippen LogP contribution in [-0.2, 0) is 0 Å². The van der Waals surface area contributed by atoms with Crippen molar-refractivity contribution in [3.8, 4) is 18.6 Å². The van der Waals surface area contributed by atoms with Crippen molar-refractivity contribution < 1.29 is 13.2 Å². The molecule has 0 nitrogen and oxygen atoms in total. The quantitative estimate of drug-likeness (QED) is 0.154. The average Bonchev–Trinajstić information content (AvgIpc) is 3.85. The van der Waals surface area contributed by atoms with Gasteiger partial charge in [-0.1, -0.05) is 0 Å². The topological polar surface area (TPSA) is 0 Å². The molecule has 6 aromatic heterocycles. The van der Waals surface area contributed by atoms with E-state index in [9.17, 15) is 0 Å². The van der Waals surface area contributed by atoms with Gasteiger partial charge in [0.1, 0.15) is 0 Å². The Hall–Kier alpha value is -2.71. The Balaban J connectivity index is 1.13. The van der Waals surface area contributed by atoms with Crippen LogP contribution in [0.4, 0.5) is 13.2 Å². The molecular weight excluding hydrogens is 752 g/mol. The molecule has 0 amide bonds. The summed E-state index contributed by atoms with van der Waals surface area (Å²) in [7, 11) is 0. The molecule has 9 heteroatoms. The molecular formula is C34H13F3S4Se2. The first-order valence-electron chi connectivity index (χ1n) is 13.3. The molecule has 0 aliphatic heterocycles. The van der Waals surface area contributed by atoms with Gasteiger partial charge in [0.15, 0.2) is 0 Å². The van der Waals surface area contributed by atoms with Crippen LogP contribution in [-0.4, -0.2) is 29.0 Å². The van der Waals surface area contributed by atoms with Crippen molar-refractivity contribution in [1.82, 2.24) is 0 Å². The summed E-state index contributed by atoms with van der Waals surface area (Å²) in [5.74, 6) is -0.697. The third-order valence-corrected chi connectivity index (χ3v) is 18.1. The Kier molecular flexibility index (Phi) is 5.45. The minimum absolute atomic E-state index is 0.0199. The molecule has 43 heavy (non-hydrogen) atoms. The number of benzene rings is 4. The first-order valence-corrected chi connectivity index (χ1v) is 20.0. The predicted molar refractivity (Wildman–Crippen MR) is 185 cm³/mol. The third-order valence-electron chi connectivity index (χ3n) is 7.97. The molecule has 6 heterocycles. The fraction of sp³-hybridized carbons (Fsp3) is 0. The summed E-state index contributed by atoms with van der Waals surface area (Å²) in [4.78, 5) is 1.19. The summed E-state index contributed by atoms with van der Waals surface area (Å²) in [5, 5.41) is 5.43. The van der Waals surface area contributed by atoms with Gasteiger partial charge in [0.25, 0.3) is 0 Å². The fourth-order valence-corrected chi connectivity index (χ4v) is 15.9. The van der Waals surface area contributed by atoms with Crippen molar-refractivity contribution in [3.05, 3.63) is 96.3 Å². The molecule has 206 valence electrons. The predicted octanol–water partition coefficient (Wildman–Crippen LogP) is 11.9. The zero-order chi connectivity index (χ0) is 28.6. The molecule has 10 rings (SSSR count). The first kappa shape index (κ1) is 25.6. The minimum atomic E-state index is -0.312. The van der Waals surface area contributed by atoms with Crippen LogP contribution in [0, 0.1) is 17.5 Å². The fourth-order valence-electron chi connectivity index (χ4n) is 5.94. The molecule has 0 spiro atoms. The van der Waals surface area contributed by atoms with Crippen molar-refractivity contribution >= 4 is 143 Å². The van der Waals surface area contributed by atoms with Crippen LogP contribution in [0.5, 0.6) is 0 Å². The molecule has 0 N–H and O–H groups in total. The van der Waals surface area contributed by atoms with E-state index in [1.54, 1.807) is 28.7 Å². The summed E-state index contributed by atoms with van der Waals surface area (Å²) in [5.41, 5.74) is 0. The Morgan fingerprint density at radius 1 is 0.465 bits per heavy atom. The van der Waals surface area contributed by atoms with Crippen molar-refractivity contribution in [3.63, 3.8) is 0 Å². The van der Waals surface area contributed by atoms with E-state index in [2.05, 4.69) is 24.3 Å². The molecule has 10 aromatic rings. The van der Waals surface area contributed by atoms with Crippen LogP contribution in [0.1, 0.15) is 0 Å². The van der Waals surface area contributed by atoms with Gasteiger partial charge in [-0.25, -0.2) is 0 Å². The Bertz CT molecular complexity index is 2790. The second-order valence-electron chi connectivity index (χ2n) is 10.4. The van der Waals surface area contributed by atoms with Crippen LogP contribution in [0.25, 0.3) is 87.7 Å². The van der Waals surface area contributed by atoms with Gasteiger partial charge in [-0.3, -0.25) is 0 Å². The molecule has 0 radical (unpaired) electrons. The van der Waals surface area contributed by atoms with E-state index in [-0.39, 0.29) is 46.5 Å². The molecule has 0 aliphatic rings. The second-order valence-corrected chi connectivity index (χ2v) is 19.1. The molecule has 0 aliphatic carbocycles. The summed E-state index contributed by atoms with van der Waals surface area (Å²) in [6, 6.07) is 25.9. The SMILES string of the molecule is Fc1c(-c2cc3cc4sc5c6cc7[se]c(-c8sc9ccccc9c8F)c(F)c7cc6sc5c4cc3[se]2)sc2ccccc12. The molecule has 0 saturated heterocycles. The van der Waals surface area contributed by atoms with Crippen LogP contribution in [0.3, 0.4) is 0 Å². The van der Waals surface area contributed by atoms with Crippen LogP contribution >= 0.6 is 45.3 Å². The molecule has 0 fully saturated rings. The number of hydrogen-bond donors (Lipinski definition) is 0. The van der Waals surface area contributed by atoms with Crippen LogP contribution < -0.4 is 0 Å². The second kappa shape index (κ2) is 9.16. The standard InChI is InChI=1S/C34H13F3S4Se2/c35-27-15-5-1-3-7-20(15)38-32(27)26-10-14-9-22-17(12-24(14)42-26)30-31(40-22)18-13-25-19(11-23(18)41-30)29(37)34(43-25)33-28(36)16-6-2-4-8-21(16)39-33/h1-13H. The van der Waals surface area contributed by atoms with Gasteiger partial charge < -0.3 is 0 Å². The summed E-state index contributed by atoms with van der Waals surface area (Å²) in [6.07, 6.45) is 0. The Labute approximate surface area is 269 Å². The number of fused-ring (bicyclic) bond motifs is 9. The van der Waals surface area contributed by atoms with Gasteiger partial charge in [0.05, 0.1) is 0 Å². The zero-order valence-corrected chi connectivity index (χ0v) is 28.3. The number of halogens is 3. The number of thiophene rings is 4. The number of hydrogen-bond acceptors (Lipinski definition) is 4. The van der Waals surface area contributed by atoms with E-state index in [0.29, 0.717) is 25.5 Å². The summed E-state index contributed by atoms with van der Waals surface area (Å²) in [6.45, 7) is 0. The zero-order valence-electron chi connectivity index (χ0n) is 21.6. The van der Waals surface area contributed by atoms with Crippen molar-refractivity contribution in [2.24, 2.45) is 0 Å². The average molecular weight is 765 g/mol. The van der Waals surface area contributed by atoms with Gasteiger partial charge in [-0.15, -0.1) is 0 Å². The maximum absolute atomic E-state index is 15.9. The molecule has 0 unspecified atom stereocenters. The summed E-state index contributed by atoms with van der Waals surface area (Å²) >= 11 is 6.07. The third kappa shape index (κ3) is 3.59. The van der Waals surface area contributed by atoms with Gasteiger partial charge >= 0.3 is 272 Å². The molecule has 0 bridgehead atoms. The molecule has 0 atom stereocenters. The van der Waals surface area contributed by atoms with E-state index < -0.39 is 0 Å². The van der Waals surface area contributed by atoms with E-state index in [4.69, 9.17) is 0 Å². The summed E-state index contributed by atoms with van der Waals surface area (Å²) < 4.78 is 56.9. The maximum atomic E-state index is 15.9. The van der Waals surface area contributed by atoms with Gasteiger partial charge in [-0.05, 0) is 0 Å². The van der Waals surface area contributed by atoms with E-state index in [0.717, 1.165) is 33.1 Å². The Morgan fingerprint density at radius 3 is 1.77 bits per heavy atom. The normalized spacial score (nSPS) is 12.5. The van der Waals surface area contributed by atoms with Crippen LogP contribution in [0.15, 0.2) is 78.9 Å². The molecule has 0 saturated carbocycles. The van der Waals surface area contributed by atoms with Crippen molar-refractivity contribution in [1.29, 1.82) is 0 Å². The van der Waals surface area contributed by atoms with E-state index in [1.807, 2.05) is 48.5 Å². The monoisotopic (exact) mass is 766 g/mol. The van der Waals surface area contributed by atoms with E-state index >= 15 is 13.2 Å². The van der Waals surface area contributed by atoms with Crippen molar-refractivity contribution in [2.45, 2.75) is 0 Å². The molecule has 4 aromatic carbocycles. The van der Waals surface area contributed by atoms with Crippen molar-refractivity contribution in [2.75, 3.05) is 0 Å². The van der Waals surface area contributed by atoms with Gasteiger partial charge in [0.2, 0.25) is 0 Å². The van der Waals surface area contributed by atoms with Gasteiger partial charge in [0, 0.05) is 0 Å². The van der Waals surface area contributed by atoms with Gasteiger partial charge in [-0.2, -0.15) is 0 Å². The van der Waals surface area contributed by atoms with Crippen LogP contribution in [0.2, 0.25) is 0 Å².